The van der Waals surface area contributed by atoms with Crippen LogP contribution in [0.15, 0.2) is 18.3 Å². The zero-order chi connectivity index (χ0) is 11.5. The van der Waals surface area contributed by atoms with Crippen LogP contribution in [-0.4, -0.2) is 31.3 Å². The summed E-state index contributed by atoms with van der Waals surface area (Å²) in [6.45, 7) is 3.61. The van der Waals surface area contributed by atoms with Crippen molar-refractivity contribution in [1.29, 1.82) is 0 Å². The third-order valence-electron chi connectivity index (χ3n) is 3.09. The van der Waals surface area contributed by atoms with Crippen molar-refractivity contribution in [2.75, 3.05) is 25.2 Å². The molecule has 0 saturated carbocycles. The van der Waals surface area contributed by atoms with E-state index in [1.165, 1.54) is 0 Å². The van der Waals surface area contributed by atoms with Crippen LogP contribution in [0.4, 0.5) is 5.82 Å². The van der Waals surface area contributed by atoms with E-state index in [1.807, 2.05) is 25.3 Å². The summed E-state index contributed by atoms with van der Waals surface area (Å²) >= 11 is 0. The number of likely N-dealkylation sites (N-methyl/N-ethyl adjacent to an activating group) is 1. The van der Waals surface area contributed by atoms with Crippen molar-refractivity contribution in [2.24, 2.45) is 5.73 Å². The molecular formula is C12H19N3O. The van der Waals surface area contributed by atoms with Crippen molar-refractivity contribution < 1.29 is 4.74 Å². The van der Waals surface area contributed by atoms with Gasteiger partial charge in [0.15, 0.2) is 0 Å². The van der Waals surface area contributed by atoms with Crippen LogP contribution >= 0.6 is 0 Å². The van der Waals surface area contributed by atoms with E-state index in [4.69, 9.17) is 10.5 Å². The predicted molar refractivity (Wildman–Crippen MR) is 64.5 cm³/mol. The molecule has 1 fully saturated rings. The van der Waals surface area contributed by atoms with Gasteiger partial charge in [0.1, 0.15) is 5.82 Å². The predicted octanol–water partition coefficient (Wildman–Crippen LogP) is 1.33. The van der Waals surface area contributed by atoms with Crippen LogP contribution in [0.25, 0.3) is 0 Å². The fraction of sp³-hybridized carbons (Fsp3) is 0.583. The molecule has 1 saturated heterocycles. The van der Waals surface area contributed by atoms with Gasteiger partial charge < -0.3 is 15.4 Å². The van der Waals surface area contributed by atoms with Gasteiger partial charge in [-0.25, -0.2) is 4.98 Å². The van der Waals surface area contributed by atoms with Crippen LogP contribution < -0.4 is 10.6 Å². The van der Waals surface area contributed by atoms with E-state index < -0.39 is 0 Å². The van der Waals surface area contributed by atoms with E-state index in [2.05, 4.69) is 16.9 Å². The van der Waals surface area contributed by atoms with Crippen molar-refractivity contribution in [3.63, 3.8) is 0 Å². The molecule has 1 unspecified atom stereocenters. The molecule has 0 bridgehead atoms. The van der Waals surface area contributed by atoms with Crippen LogP contribution in [0.1, 0.15) is 24.9 Å². The minimum absolute atomic E-state index is 0.00784. The molecular weight excluding hydrogens is 202 g/mol. The molecule has 2 atom stereocenters. The van der Waals surface area contributed by atoms with Gasteiger partial charge in [-0.3, -0.25) is 0 Å². The highest BCUT2D eigenvalue weighted by Gasteiger charge is 2.23. The first kappa shape index (κ1) is 11.4. The lowest BCUT2D eigenvalue weighted by Crippen LogP contribution is -2.33. The number of nitrogens with zero attached hydrogens (tertiary/aromatic N) is 2. The van der Waals surface area contributed by atoms with Gasteiger partial charge in [-0.15, -0.1) is 0 Å². The van der Waals surface area contributed by atoms with Crippen LogP contribution in [0.5, 0.6) is 0 Å². The smallest absolute Gasteiger partial charge is 0.133 e. The Kier molecular flexibility index (Phi) is 3.41. The van der Waals surface area contributed by atoms with Crippen molar-refractivity contribution in [1.82, 2.24) is 4.98 Å². The van der Waals surface area contributed by atoms with Gasteiger partial charge in [0.05, 0.1) is 12.6 Å². The van der Waals surface area contributed by atoms with Crippen molar-refractivity contribution in [3.05, 3.63) is 23.9 Å². The van der Waals surface area contributed by atoms with Crippen LogP contribution in [0, 0.1) is 0 Å². The number of nitrogens with two attached hydrogens (primary N) is 1. The molecule has 0 amide bonds. The SMILES string of the molecule is C[C@@H](N)c1cccnc1N(C)C1CCOC1. The van der Waals surface area contributed by atoms with Gasteiger partial charge in [0.25, 0.3) is 0 Å². The average Bonchev–Trinajstić information content (AvgIpc) is 2.81. The van der Waals surface area contributed by atoms with Crippen molar-refractivity contribution in [3.8, 4) is 0 Å². The molecule has 1 aromatic heterocycles. The van der Waals surface area contributed by atoms with E-state index in [-0.39, 0.29) is 6.04 Å². The van der Waals surface area contributed by atoms with Gasteiger partial charge in [-0.05, 0) is 19.4 Å². The summed E-state index contributed by atoms with van der Waals surface area (Å²) in [5.74, 6) is 0.980. The van der Waals surface area contributed by atoms with E-state index in [0.29, 0.717) is 6.04 Å². The summed E-state index contributed by atoms with van der Waals surface area (Å²) in [5.41, 5.74) is 7.05. The average molecular weight is 221 g/mol. The summed E-state index contributed by atoms with van der Waals surface area (Å²) in [4.78, 5) is 6.62. The molecule has 1 aromatic rings. The standard InChI is InChI=1S/C12H19N3O/c1-9(13)11-4-3-6-14-12(11)15(2)10-5-7-16-8-10/h3-4,6,9-10H,5,7-8,13H2,1-2H3/t9-,10?/m1/s1. The third kappa shape index (κ3) is 2.18. The van der Waals surface area contributed by atoms with E-state index in [0.717, 1.165) is 31.0 Å². The molecule has 2 N–H and O–H groups in total. The number of hydrogen-bond donors (Lipinski definition) is 1. The first-order chi connectivity index (χ1) is 7.70. The molecule has 2 rings (SSSR count). The summed E-state index contributed by atoms with van der Waals surface area (Å²) in [5, 5.41) is 0. The number of pyridine rings is 1. The van der Waals surface area contributed by atoms with Crippen molar-refractivity contribution >= 4 is 5.82 Å². The molecule has 2 heterocycles. The van der Waals surface area contributed by atoms with E-state index in [9.17, 15) is 0 Å². The monoisotopic (exact) mass is 221 g/mol. The summed E-state index contributed by atoms with van der Waals surface area (Å²) < 4.78 is 5.40. The van der Waals surface area contributed by atoms with Gasteiger partial charge in [-0.1, -0.05) is 6.07 Å². The molecule has 16 heavy (non-hydrogen) atoms. The largest absolute Gasteiger partial charge is 0.379 e. The molecule has 1 aliphatic rings. The molecule has 1 aliphatic heterocycles. The van der Waals surface area contributed by atoms with Gasteiger partial charge in [-0.2, -0.15) is 0 Å². The number of ether oxygens (including phenoxy) is 1. The molecule has 4 heteroatoms. The second-order valence-corrected chi connectivity index (χ2v) is 4.33. The number of anilines is 1. The van der Waals surface area contributed by atoms with Crippen molar-refractivity contribution in [2.45, 2.75) is 25.4 Å². The maximum atomic E-state index is 5.95. The molecule has 4 nitrogen and oxygen atoms in total. The van der Waals surface area contributed by atoms with Gasteiger partial charge in [0.2, 0.25) is 0 Å². The second-order valence-electron chi connectivity index (χ2n) is 4.33. The quantitative estimate of drug-likeness (QED) is 0.836. The highest BCUT2D eigenvalue weighted by molar-refractivity contribution is 5.48. The topological polar surface area (TPSA) is 51.4 Å². The number of rotatable bonds is 3. The lowest BCUT2D eigenvalue weighted by Gasteiger charge is -2.27. The maximum absolute atomic E-state index is 5.95. The summed E-state index contributed by atoms with van der Waals surface area (Å²) in [6.07, 6.45) is 2.87. The Morgan fingerprint density at radius 2 is 2.44 bits per heavy atom. The lowest BCUT2D eigenvalue weighted by atomic mass is 10.1. The van der Waals surface area contributed by atoms with Gasteiger partial charge in [0, 0.05) is 31.5 Å². The maximum Gasteiger partial charge on any atom is 0.133 e. The lowest BCUT2D eigenvalue weighted by molar-refractivity contribution is 0.193. The normalized spacial score (nSPS) is 22.1. The number of hydrogen-bond acceptors (Lipinski definition) is 4. The first-order valence-electron chi connectivity index (χ1n) is 5.71. The molecule has 88 valence electrons. The highest BCUT2D eigenvalue weighted by Crippen LogP contribution is 2.25. The molecule has 0 aromatic carbocycles. The van der Waals surface area contributed by atoms with E-state index >= 15 is 0 Å². The Morgan fingerprint density at radius 1 is 1.62 bits per heavy atom. The summed E-state index contributed by atoms with van der Waals surface area (Å²) in [7, 11) is 2.06. The minimum Gasteiger partial charge on any atom is -0.379 e. The van der Waals surface area contributed by atoms with Gasteiger partial charge >= 0.3 is 0 Å². The van der Waals surface area contributed by atoms with Crippen LogP contribution in [0.2, 0.25) is 0 Å². The minimum atomic E-state index is 0.00784. The molecule has 0 aliphatic carbocycles. The zero-order valence-corrected chi connectivity index (χ0v) is 9.89. The molecule has 0 spiro atoms. The molecule has 0 radical (unpaired) electrons. The Labute approximate surface area is 96.4 Å². The Balaban J connectivity index is 2.24. The Morgan fingerprint density at radius 3 is 3.06 bits per heavy atom. The first-order valence-corrected chi connectivity index (χ1v) is 5.71. The van der Waals surface area contributed by atoms with Crippen LogP contribution in [0.3, 0.4) is 0 Å². The fourth-order valence-corrected chi connectivity index (χ4v) is 2.06. The Bertz CT molecular complexity index is 348. The third-order valence-corrected chi connectivity index (χ3v) is 3.09. The Hall–Kier alpha value is -1.13. The van der Waals surface area contributed by atoms with E-state index in [1.54, 1.807) is 0 Å². The number of aromatic nitrogens is 1. The summed E-state index contributed by atoms with van der Waals surface area (Å²) in [6, 6.07) is 4.40. The fourth-order valence-electron chi connectivity index (χ4n) is 2.06. The second kappa shape index (κ2) is 4.80. The highest BCUT2D eigenvalue weighted by atomic mass is 16.5. The zero-order valence-electron chi connectivity index (χ0n) is 9.89. The van der Waals surface area contributed by atoms with Crippen LogP contribution in [-0.2, 0) is 4.74 Å².